The molecular formula is C25H36N4O2+2. The van der Waals surface area contributed by atoms with E-state index in [4.69, 9.17) is 0 Å². The van der Waals surface area contributed by atoms with E-state index in [9.17, 15) is 9.59 Å². The lowest BCUT2D eigenvalue weighted by Crippen LogP contribution is -3.30. The van der Waals surface area contributed by atoms with Crippen LogP contribution < -0.4 is 20.0 Å². The first-order valence-electron chi connectivity index (χ1n) is 11.3. The molecular weight excluding hydrogens is 388 g/mol. The third-order valence-corrected chi connectivity index (χ3v) is 6.52. The zero-order chi connectivity index (χ0) is 22.4. The number of rotatable bonds is 7. The molecule has 2 aromatic carbocycles. The molecule has 166 valence electrons. The van der Waals surface area contributed by atoms with E-state index < -0.39 is 0 Å². The highest BCUT2D eigenvalue weighted by atomic mass is 16.2. The van der Waals surface area contributed by atoms with Crippen molar-refractivity contribution < 1.29 is 19.4 Å². The maximum Gasteiger partial charge on any atom is 0.284 e. The van der Waals surface area contributed by atoms with Crippen molar-refractivity contribution in [3.05, 3.63) is 59.7 Å². The molecule has 1 fully saturated rings. The third kappa shape index (κ3) is 5.71. The van der Waals surface area contributed by atoms with Crippen LogP contribution in [-0.2, 0) is 9.59 Å². The first-order valence-corrected chi connectivity index (χ1v) is 11.3. The van der Waals surface area contributed by atoms with Gasteiger partial charge in [0.1, 0.15) is 26.2 Å². The molecule has 3 rings (SSSR count). The van der Waals surface area contributed by atoms with Crippen LogP contribution in [-0.4, -0.2) is 57.1 Å². The van der Waals surface area contributed by atoms with Crippen molar-refractivity contribution in [2.24, 2.45) is 0 Å². The van der Waals surface area contributed by atoms with Crippen LogP contribution >= 0.6 is 0 Å². The lowest BCUT2D eigenvalue weighted by atomic mass is 10.1. The molecule has 6 nitrogen and oxygen atoms in total. The van der Waals surface area contributed by atoms with Crippen molar-refractivity contribution in [3.63, 3.8) is 0 Å². The van der Waals surface area contributed by atoms with Crippen molar-refractivity contribution in [2.45, 2.75) is 33.7 Å². The minimum Gasteiger partial charge on any atom is -0.321 e. The second-order valence-corrected chi connectivity index (χ2v) is 8.52. The number of amides is 2. The van der Waals surface area contributed by atoms with Crippen molar-refractivity contribution in [1.82, 2.24) is 0 Å². The molecule has 0 spiro atoms. The average Bonchev–Trinajstić information content (AvgIpc) is 2.78. The summed E-state index contributed by atoms with van der Waals surface area (Å²) in [6, 6.07) is 15.8. The van der Waals surface area contributed by atoms with Gasteiger partial charge >= 0.3 is 0 Å². The number of piperazine rings is 1. The van der Waals surface area contributed by atoms with Gasteiger partial charge in [-0.15, -0.1) is 0 Å². The van der Waals surface area contributed by atoms with Crippen molar-refractivity contribution in [2.75, 3.05) is 49.5 Å². The van der Waals surface area contributed by atoms with Gasteiger partial charge in [-0.05, 0) is 57.0 Å². The van der Waals surface area contributed by atoms with E-state index >= 15 is 0 Å². The maximum atomic E-state index is 13.1. The molecule has 31 heavy (non-hydrogen) atoms. The molecule has 6 heteroatoms. The summed E-state index contributed by atoms with van der Waals surface area (Å²) in [6.45, 7) is 12.8. The maximum absolute atomic E-state index is 13.1. The first kappa shape index (κ1) is 23.0. The molecule has 0 radical (unpaired) electrons. The molecule has 0 saturated carbocycles. The van der Waals surface area contributed by atoms with Gasteiger partial charge in [0.05, 0.1) is 0 Å². The number of para-hydroxylation sites is 1. The van der Waals surface area contributed by atoms with Gasteiger partial charge in [-0.25, -0.2) is 0 Å². The highest BCUT2D eigenvalue weighted by molar-refractivity contribution is 5.96. The summed E-state index contributed by atoms with van der Waals surface area (Å²) >= 11 is 0. The molecule has 0 bridgehead atoms. The predicted molar refractivity (Wildman–Crippen MR) is 125 cm³/mol. The number of nitrogens with zero attached hydrogens (tertiary/aromatic N) is 1. The molecule has 1 aliphatic rings. The predicted octanol–water partition coefficient (Wildman–Crippen LogP) is 0.467. The van der Waals surface area contributed by atoms with E-state index in [0.717, 1.165) is 43.1 Å². The Bertz CT molecular complexity index is 892. The Morgan fingerprint density at radius 1 is 1.00 bits per heavy atom. The number of nitrogens with one attached hydrogen (secondary N) is 3. The van der Waals surface area contributed by atoms with Gasteiger partial charge in [0.15, 0.2) is 12.6 Å². The van der Waals surface area contributed by atoms with Crippen molar-refractivity contribution in [1.29, 1.82) is 0 Å². The van der Waals surface area contributed by atoms with Crippen LogP contribution in [0.15, 0.2) is 48.5 Å². The number of hydrogen-bond donors (Lipinski definition) is 3. The second kappa shape index (κ2) is 10.6. The highest BCUT2D eigenvalue weighted by Gasteiger charge is 2.34. The number of likely N-dealkylation sites (N-methyl/N-ethyl adjacent to an activating group) is 1. The fourth-order valence-electron chi connectivity index (χ4n) is 4.32. The Balaban J connectivity index is 1.51. The van der Waals surface area contributed by atoms with E-state index in [0.29, 0.717) is 13.1 Å². The van der Waals surface area contributed by atoms with E-state index in [1.54, 1.807) is 0 Å². The number of carbonyl (C=O) groups excluding carboxylic acids is 2. The van der Waals surface area contributed by atoms with Gasteiger partial charge in [-0.3, -0.25) is 9.59 Å². The zero-order valence-corrected chi connectivity index (χ0v) is 19.2. The molecule has 1 saturated heterocycles. The molecule has 1 atom stereocenters. The lowest BCUT2D eigenvalue weighted by molar-refractivity contribution is -1.01. The Kier molecular flexibility index (Phi) is 7.82. The quantitative estimate of drug-likeness (QED) is 0.605. The number of quaternary nitrogens is 2. The minimum absolute atomic E-state index is 0.0533. The Hall–Kier alpha value is -2.70. The van der Waals surface area contributed by atoms with Crippen molar-refractivity contribution in [3.8, 4) is 0 Å². The van der Waals surface area contributed by atoms with E-state index in [1.165, 1.54) is 15.4 Å². The molecule has 1 aliphatic heterocycles. The Morgan fingerprint density at radius 3 is 2.32 bits per heavy atom. The van der Waals surface area contributed by atoms with Gasteiger partial charge < -0.3 is 20.0 Å². The van der Waals surface area contributed by atoms with E-state index in [-0.39, 0.29) is 17.9 Å². The summed E-state index contributed by atoms with van der Waals surface area (Å²) in [6.07, 6.45) is 0. The Morgan fingerprint density at radius 2 is 1.68 bits per heavy atom. The second-order valence-electron chi connectivity index (χ2n) is 8.52. The summed E-state index contributed by atoms with van der Waals surface area (Å²) in [4.78, 5) is 30.1. The normalized spacial score (nSPS) is 19.5. The monoisotopic (exact) mass is 424 g/mol. The van der Waals surface area contributed by atoms with Crippen LogP contribution in [0, 0.1) is 13.8 Å². The lowest BCUT2D eigenvalue weighted by Gasteiger charge is -2.34. The van der Waals surface area contributed by atoms with Gasteiger partial charge in [0.25, 0.3) is 11.8 Å². The number of anilines is 2. The molecule has 0 unspecified atom stereocenters. The van der Waals surface area contributed by atoms with Gasteiger partial charge in [0, 0.05) is 17.9 Å². The van der Waals surface area contributed by atoms with E-state index in [1.807, 2.05) is 68.1 Å². The summed E-state index contributed by atoms with van der Waals surface area (Å²) in [5.74, 6) is 0.220. The third-order valence-electron chi connectivity index (χ3n) is 6.52. The molecule has 3 N–H and O–H groups in total. The average molecular weight is 425 g/mol. The van der Waals surface area contributed by atoms with Crippen LogP contribution in [0.3, 0.4) is 0 Å². The largest absolute Gasteiger partial charge is 0.321 e. The summed E-state index contributed by atoms with van der Waals surface area (Å²) < 4.78 is 0. The molecule has 2 aromatic rings. The minimum atomic E-state index is -0.0922. The van der Waals surface area contributed by atoms with Crippen LogP contribution in [0.1, 0.15) is 25.0 Å². The molecule has 0 aromatic heterocycles. The SMILES string of the molecule is CCN(C(=O)[C@H](C)[NH+]1CC[NH+](CC(=O)Nc2cccc(C)c2C)CC1)c1ccccc1. The van der Waals surface area contributed by atoms with Crippen molar-refractivity contribution >= 4 is 23.2 Å². The fraction of sp³-hybridized carbons (Fsp3) is 0.440. The standard InChI is InChI=1S/C25H34N4O2/c1-5-29(22-11-7-6-8-12-22)25(31)21(4)28-16-14-27(15-17-28)18-24(30)26-23-13-9-10-19(2)20(23)3/h6-13,21H,5,14-18H2,1-4H3,(H,26,30)/p+2/t21-/m0/s1. The smallest absolute Gasteiger partial charge is 0.284 e. The summed E-state index contributed by atoms with van der Waals surface area (Å²) in [5, 5.41) is 3.06. The van der Waals surface area contributed by atoms with Crippen LogP contribution in [0.4, 0.5) is 11.4 Å². The Labute approximate surface area is 185 Å². The van der Waals surface area contributed by atoms with Crippen LogP contribution in [0.2, 0.25) is 0 Å². The first-order chi connectivity index (χ1) is 14.9. The molecule has 2 amide bonds. The van der Waals surface area contributed by atoms with Crippen LogP contribution in [0.5, 0.6) is 0 Å². The fourth-order valence-corrected chi connectivity index (χ4v) is 4.32. The number of hydrogen-bond acceptors (Lipinski definition) is 2. The van der Waals surface area contributed by atoms with Gasteiger partial charge in [-0.1, -0.05) is 30.3 Å². The summed E-state index contributed by atoms with van der Waals surface area (Å²) in [5.41, 5.74) is 4.14. The van der Waals surface area contributed by atoms with Crippen LogP contribution in [0.25, 0.3) is 0 Å². The zero-order valence-electron chi connectivity index (χ0n) is 19.2. The van der Waals surface area contributed by atoms with Gasteiger partial charge in [0.2, 0.25) is 0 Å². The molecule has 0 aliphatic carbocycles. The summed E-state index contributed by atoms with van der Waals surface area (Å²) in [7, 11) is 0. The van der Waals surface area contributed by atoms with Gasteiger partial charge in [-0.2, -0.15) is 0 Å². The highest BCUT2D eigenvalue weighted by Crippen LogP contribution is 2.17. The number of carbonyl (C=O) groups is 2. The van der Waals surface area contributed by atoms with E-state index in [2.05, 4.69) is 18.3 Å². The topological polar surface area (TPSA) is 58.3 Å². The number of aryl methyl sites for hydroxylation is 1. The number of benzene rings is 2. The molecule has 1 heterocycles.